The second-order valence-electron chi connectivity index (χ2n) is 8.31. The molecular weight excluding hydrogens is 432 g/mol. The summed E-state index contributed by atoms with van der Waals surface area (Å²) in [6, 6.07) is 3.85. The molecule has 0 aromatic carbocycles. The largest absolute Gasteiger partial charge is 0.378 e. The normalized spacial score (nSPS) is 22.4. The van der Waals surface area contributed by atoms with Gasteiger partial charge < -0.3 is 14.7 Å². The Labute approximate surface area is 185 Å². The van der Waals surface area contributed by atoms with Crippen LogP contribution in [0.25, 0.3) is 16.9 Å². The Morgan fingerprint density at radius 2 is 2.16 bits per heavy atom. The number of nitrogens with one attached hydrogen (secondary N) is 1. The van der Waals surface area contributed by atoms with E-state index < -0.39 is 15.4 Å². The molecule has 2 fully saturated rings. The van der Waals surface area contributed by atoms with Crippen molar-refractivity contribution in [3.63, 3.8) is 0 Å². The van der Waals surface area contributed by atoms with Gasteiger partial charge in [0.05, 0.1) is 48.5 Å². The number of aromatic amines is 1. The highest BCUT2D eigenvalue weighted by Gasteiger charge is 2.34. The number of aliphatic hydroxyl groups is 1. The minimum absolute atomic E-state index is 0.0573. The number of morpholine rings is 1. The van der Waals surface area contributed by atoms with Crippen LogP contribution in [0.5, 0.6) is 0 Å². The van der Waals surface area contributed by atoms with E-state index in [0.29, 0.717) is 36.8 Å². The summed E-state index contributed by atoms with van der Waals surface area (Å²) < 4.78 is 30.7. The van der Waals surface area contributed by atoms with E-state index >= 15 is 0 Å². The second kappa shape index (κ2) is 7.88. The average Bonchev–Trinajstić information content (AvgIpc) is 3.44. The Kier molecular flexibility index (Phi) is 5.16. The second-order valence-corrected chi connectivity index (χ2v) is 10.6. The highest BCUT2D eigenvalue weighted by molar-refractivity contribution is 7.91. The molecule has 3 aromatic heterocycles. The fourth-order valence-corrected chi connectivity index (χ4v) is 5.53. The molecule has 2 aliphatic heterocycles. The number of hydrogen-bond donors (Lipinski definition) is 2. The maximum Gasteiger partial charge on any atom is 0.168 e. The first-order valence-corrected chi connectivity index (χ1v) is 12.3. The molecule has 0 saturated carbocycles. The molecular formula is C21H24N6O4S. The first-order chi connectivity index (χ1) is 15.3. The summed E-state index contributed by atoms with van der Waals surface area (Å²) in [5.41, 5.74) is -0.0311. The van der Waals surface area contributed by atoms with Crippen LogP contribution in [-0.2, 0) is 14.6 Å². The zero-order valence-electron chi connectivity index (χ0n) is 17.7. The van der Waals surface area contributed by atoms with Gasteiger partial charge in [0.2, 0.25) is 0 Å². The average molecular weight is 457 g/mol. The molecule has 0 radical (unpaired) electrons. The van der Waals surface area contributed by atoms with E-state index in [0.717, 1.165) is 11.2 Å². The topological polar surface area (TPSA) is 126 Å². The minimum atomic E-state index is -3.10. The molecule has 32 heavy (non-hydrogen) atoms. The third-order valence-electron chi connectivity index (χ3n) is 5.99. The van der Waals surface area contributed by atoms with E-state index in [1.165, 1.54) is 0 Å². The van der Waals surface area contributed by atoms with E-state index in [1.54, 1.807) is 23.1 Å². The van der Waals surface area contributed by atoms with Gasteiger partial charge in [-0.1, -0.05) is 11.8 Å². The van der Waals surface area contributed by atoms with Crippen LogP contribution in [0.15, 0.2) is 24.5 Å². The van der Waals surface area contributed by atoms with Crippen LogP contribution in [-0.4, -0.2) is 81.4 Å². The van der Waals surface area contributed by atoms with E-state index in [2.05, 4.69) is 39.0 Å². The van der Waals surface area contributed by atoms with Crippen molar-refractivity contribution in [2.75, 3.05) is 36.2 Å². The predicted molar refractivity (Wildman–Crippen MR) is 118 cm³/mol. The van der Waals surface area contributed by atoms with E-state index in [4.69, 9.17) is 9.72 Å². The molecule has 10 nitrogen and oxygen atoms in total. The minimum Gasteiger partial charge on any atom is -0.378 e. The van der Waals surface area contributed by atoms with Crippen molar-refractivity contribution < 1.29 is 18.3 Å². The van der Waals surface area contributed by atoms with Gasteiger partial charge in [-0.3, -0.25) is 5.10 Å². The Morgan fingerprint density at radius 1 is 1.34 bits per heavy atom. The summed E-state index contributed by atoms with van der Waals surface area (Å²) >= 11 is 0. The van der Waals surface area contributed by atoms with Crippen LogP contribution in [0.1, 0.15) is 25.3 Å². The van der Waals surface area contributed by atoms with E-state index in [1.807, 2.05) is 6.07 Å². The Bertz CT molecular complexity index is 1290. The first kappa shape index (κ1) is 20.9. The Balaban J connectivity index is 1.60. The summed E-state index contributed by atoms with van der Waals surface area (Å²) in [5.74, 6) is 7.36. The number of aromatic nitrogens is 5. The number of hydrogen-bond acceptors (Lipinski definition) is 8. The number of nitrogens with zero attached hydrogens (tertiary/aromatic N) is 5. The molecule has 2 saturated heterocycles. The van der Waals surface area contributed by atoms with Crippen LogP contribution in [0.2, 0.25) is 0 Å². The van der Waals surface area contributed by atoms with Gasteiger partial charge in [-0.15, -0.1) is 0 Å². The molecule has 0 unspecified atom stereocenters. The summed E-state index contributed by atoms with van der Waals surface area (Å²) in [5, 5.41) is 22.9. The van der Waals surface area contributed by atoms with E-state index in [9.17, 15) is 13.5 Å². The molecule has 0 aliphatic carbocycles. The highest BCUT2D eigenvalue weighted by Crippen LogP contribution is 2.27. The number of anilines is 1. The van der Waals surface area contributed by atoms with Crippen LogP contribution < -0.4 is 4.90 Å². The van der Waals surface area contributed by atoms with Crippen molar-refractivity contribution in [3.05, 3.63) is 30.1 Å². The van der Waals surface area contributed by atoms with Crippen molar-refractivity contribution in [2.45, 2.75) is 31.4 Å². The van der Waals surface area contributed by atoms with Crippen LogP contribution in [0, 0.1) is 11.8 Å². The smallest absolute Gasteiger partial charge is 0.168 e. The molecule has 0 amide bonds. The summed E-state index contributed by atoms with van der Waals surface area (Å²) in [7, 11) is -3.10. The van der Waals surface area contributed by atoms with Crippen LogP contribution in [0.3, 0.4) is 0 Å². The monoisotopic (exact) mass is 456 g/mol. The Hall–Kier alpha value is -2.94. The van der Waals surface area contributed by atoms with Gasteiger partial charge in [-0.25, -0.2) is 13.4 Å². The summed E-state index contributed by atoms with van der Waals surface area (Å²) in [4.78, 5) is 7.04. The molecule has 3 aromatic rings. The van der Waals surface area contributed by atoms with Gasteiger partial charge in [-0.05, 0) is 13.0 Å². The fourth-order valence-electron chi connectivity index (χ4n) is 4.03. The van der Waals surface area contributed by atoms with Crippen LogP contribution >= 0.6 is 0 Å². The van der Waals surface area contributed by atoms with Crippen molar-refractivity contribution in [1.29, 1.82) is 0 Å². The molecule has 5 heterocycles. The molecule has 5 rings (SSSR count). The third-order valence-corrected chi connectivity index (χ3v) is 7.64. The lowest BCUT2D eigenvalue weighted by Crippen LogP contribution is -2.44. The number of fused-ring (bicyclic) bond motifs is 1. The predicted octanol–water partition coefficient (Wildman–Crippen LogP) is 0.660. The van der Waals surface area contributed by atoms with Gasteiger partial charge in [0.25, 0.3) is 0 Å². The first-order valence-electron chi connectivity index (χ1n) is 10.5. The molecule has 2 aliphatic rings. The van der Waals surface area contributed by atoms with Gasteiger partial charge in [0.15, 0.2) is 21.3 Å². The van der Waals surface area contributed by atoms with E-state index in [-0.39, 0.29) is 30.4 Å². The lowest BCUT2D eigenvalue weighted by molar-refractivity contribution is 0.0907. The maximum atomic E-state index is 11.8. The number of H-pyrrole nitrogens is 1. The highest BCUT2D eigenvalue weighted by atomic mass is 32.2. The number of sulfone groups is 1. The SMILES string of the molecule is C[C@@H]1COCCN1c1cc(C#CC2(O)CCS(=O)(=O)CC2)c2cnn(-c3ccn[nH]3)c2n1. The quantitative estimate of drug-likeness (QED) is 0.539. The fraction of sp³-hybridized carbons (Fsp3) is 0.476. The lowest BCUT2D eigenvalue weighted by atomic mass is 9.97. The molecule has 0 spiro atoms. The molecule has 1 atom stereocenters. The zero-order valence-corrected chi connectivity index (χ0v) is 18.5. The third kappa shape index (κ3) is 3.97. The number of rotatable bonds is 2. The lowest BCUT2D eigenvalue weighted by Gasteiger charge is -2.34. The van der Waals surface area contributed by atoms with Crippen molar-refractivity contribution in [2.24, 2.45) is 0 Å². The summed E-state index contributed by atoms with van der Waals surface area (Å²) in [6.07, 6.45) is 3.55. The molecule has 0 bridgehead atoms. The maximum absolute atomic E-state index is 11.8. The van der Waals surface area contributed by atoms with Gasteiger partial charge in [0, 0.05) is 31.0 Å². The van der Waals surface area contributed by atoms with Crippen LogP contribution in [0.4, 0.5) is 5.82 Å². The molecule has 168 valence electrons. The van der Waals surface area contributed by atoms with Gasteiger partial charge in [-0.2, -0.15) is 14.9 Å². The van der Waals surface area contributed by atoms with Gasteiger partial charge in [0.1, 0.15) is 11.4 Å². The number of ether oxygens (including phenoxy) is 1. The van der Waals surface area contributed by atoms with Gasteiger partial charge >= 0.3 is 0 Å². The zero-order chi connectivity index (χ0) is 22.3. The number of pyridine rings is 1. The molecule has 11 heteroatoms. The van der Waals surface area contributed by atoms with Crippen molar-refractivity contribution in [1.82, 2.24) is 25.0 Å². The Morgan fingerprint density at radius 3 is 2.88 bits per heavy atom. The standard InChI is InChI=1S/C21H24N6O4S/c1-15-14-31-9-8-26(15)19-12-16(2-4-21(28)5-10-32(29,30)11-6-21)17-13-23-27(20(17)24-19)18-3-7-22-25-18/h3,7,12-13,15,28H,5-6,8-11,14H2,1H3,(H,22,25)/t15-/m1/s1. The molecule has 2 N–H and O–H groups in total. The summed E-state index contributed by atoms with van der Waals surface area (Å²) in [6.45, 7) is 3.99. The van der Waals surface area contributed by atoms with Crippen molar-refractivity contribution in [3.8, 4) is 17.7 Å². The van der Waals surface area contributed by atoms with Crippen molar-refractivity contribution >= 4 is 26.7 Å².